The van der Waals surface area contributed by atoms with E-state index in [4.69, 9.17) is 0 Å². The summed E-state index contributed by atoms with van der Waals surface area (Å²) >= 11 is 0. The Morgan fingerprint density at radius 2 is 2.00 bits per heavy atom. The van der Waals surface area contributed by atoms with Crippen LogP contribution >= 0.6 is 0 Å². The summed E-state index contributed by atoms with van der Waals surface area (Å²) in [6.45, 7) is 4.03. The first-order chi connectivity index (χ1) is 4.46. The molecule has 0 aromatic rings. The van der Waals surface area contributed by atoms with Gasteiger partial charge < -0.3 is 4.90 Å². The Morgan fingerprint density at radius 1 is 1.50 bits per heavy atom. The van der Waals surface area contributed by atoms with Gasteiger partial charge in [-0.2, -0.15) is 0 Å². The monoisotopic (exact) mass is 141 g/mol. The van der Waals surface area contributed by atoms with Crippen LogP contribution in [0.15, 0.2) is 0 Å². The average molecular weight is 141 g/mol. The van der Waals surface area contributed by atoms with Crippen LogP contribution in [0.3, 0.4) is 0 Å². The Balaban J connectivity index is 2.63. The third-order valence-electron chi connectivity index (χ3n) is 2.55. The van der Waals surface area contributed by atoms with Gasteiger partial charge in [0.05, 0.1) is 0 Å². The molecule has 10 heavy (non-hydrogen) atoms. The first kappa shape index (κ1) is 7.73. The van der Waals surface area contributed by atoms with Crippen molar-refractivity contribution in [1.82, 2.24) is 4.90 Å². The van der Waals surface area contributed by atoms with Gasteiger partial charge in [-0.05, 0) is 14.1 Å². The van der Waals surface area contributed by atoms with E-state index in [1.807, 2.05) is 27.9 Å². The third kappa shape index (κ3) is 0.870. The predicted octanol–water partition coefficient (Wildman–Crippen LogP) is 0.916. The lowest BCUT2D eigenvalue weighted by Gasteiger charge is -2.46. The number of hydrogen-bond acceptors (Lipinski definition) is 2. The highest BCUT2D eigenvalue weighted by Gasteiger charge is 2.48. The number of hydrogen-bond donors (Lipinski definition) is 0. The minimum absolute atomic E-state index is 0.0938. The third-order valence-corrected chi connectivity index (χ3v) is 2.55. The Kier molecular flexibility index (Phi) is 1.59. The summed E-state index contributed by atoms with van der Waals surface area (Å²) in [5, 5.41) is 0. The molecule has 1 unspecified atom stereocenters. The summed E-state index contributed by atoms with van der Waals surface area (Å²) in [4.78, 5) is 13.2. The number of carbonyl (C=O) groups is 1. The van der Waals surface area contributed by atoms with Crippen LogP contribution in [0.25, 0.3) is 0 Å². The summed E-state index contributed by atoms with van der Waals surface area (Å²) in [6.07, 6.45) is 0.736. The molecule has 1 atom stereocenters. The van der Waals surface area contributed by atoms with E-state index >= 15 is 0 Å². The first-order valence-corrected chi connectivity index (χ1v) is 3.66. The van der Waals surface area contributed by atoms with Gasteiger partial charge >= 0.3 is 0 Å². The van der Waals surface area contributed by atoms with Gasteiger partial charge in [0.1, 0.15) is 5.78 Å². The second-order valence-corrected chi connectivity index (χ2v) is 3.83. The number of ketones is 1. The fraction of sp³-hybridized carbons (Fsp3) is 0.875. The molecule has 0 aliphatic heterocycles. The molecule has 0 heterocycles. The van der Waals surface area contributed by atoms with Crippen molar-refractivity contribution in [3.8, 4) is 0 Å². The van der Waals surface area contributed by atoms with Crippen molar-refractivity contribution >= 4 is 5.78 Å². The Labute approximate surface area is 62.2 Å². The van der Waals surface area contributed by atoms with Crippen LogP contribution in [-0.2, 0) is 4.79 Å². The normalized spacial score (nSPS) is 30.5. The molecule has 1 saturated carbocycles. The van der Waals surface area contributed by atoms with Crippen LogP contribution in [0, 0.1) is 5.41 Å². The van der Waals surface area contributed by atoms with Gasteiger partial charge in [0.25, 0.3) is 0 Å². The van der Waals surface area contributed by atoms with Crippen LogP contribution in [0.4, 0.5) is 0 Å². The van der Waals surface area contributed by atoms with E-state index in [0.29, 0.717) is 11.8 Å². The zero-order chi connectivity index (χ0) is 7.94. The summed E-state index contributed by atoms with van der Waals surface area (Å²) < 4.78 is 0. The number of rotatable bonds is 1. The molecule has 0 saturated heterocycles. The Morgan fingerprint density at radius 3 is 2.10 bits per heavy atom. The lowest BCUT2D eigenvalue weighted by atomic mass is 9.65. The van der Waals surface area contributed by atoms with Crippen LogP contribution in [0.1, 0.15) is 20.3 Å². The molecule has 1 aliphatic rings. The lowest BCUT2D eigenvalue weighted by molar-refractivity contribution is -0.143. The number of Topliss-reactive ketones (excluding diaryl/α,β-unsaturated/α-hetero) is 1. The molecular weight excluding hydrogens is 126 g/mol. The molecule has 2 heteroatoms. The van der Waals surface area contributed by atoms with E-state index in [-0.39, 0.29) is 5.41 Å². The minimum Gasteiger partial charge on any atom is -0.305 e. The van der Waals surface area contributed by atoms with Crippen molar-refractivity contribution in [2.45, 2.75) is 26.3 Å². The molecule has 1 fully saturated rings. The van der Waals surface area contributed by atoms with E-state index in [0.717, 1.165) is 6.42 Å². The molecule has 58 valence electrons. The molecular formula is C8H15NO. The predicted molar refractivity (Wildman–Crippen MR) is 40.9 cm³/mol. The van der Waals surface area contributed by atoms with Crippen molar-refractivity contribution in [2.75, 3.05) is 14.1 Å². The molecule has 2 nitrogen and oxygen atoms in total. The summed E-state index contributed by atoms with van der Waals surface area (Å²) in [6, 6.07) is 0.458. The molecule has 0 aromatic heterocycles. The summed E-state index contributed by atoms with van der Waals surface area (Å²) in [5.41, 5.74) is -0.0938. The number of carbonyl (C=O) groups excluding carboxylic acids is 1. The maximum absolute atomic E-state index is 11.0. The highest BCUT2D eigenvalue weighted by Crippen LogP contribution is 2.38. The van der Waals surface area contributed by atoms with Crippen molar-refractivity contribution < 1.29 is 4.79 Å². The number of nitrogens with zero attached hydrogens (tertiary/aromatic N) is 1. The molecule has 0 bridgehead atoms. The van der Waals surface area contributed by atoms with Gasteiger partial charge in [0, 0.05) is 17.9 Å². The Hall–Kier alpha value is -0.370. The molecule has 0 amide bonds. The van der Waals surface area contributed by atoms with Crippen molar-refractivity contribution in [3.63, 3.8) is 0 Å². The van der Waals surface area contributed by atoms with E-state index < -0.39 is 0 Å². The highest BCUT2D eigenvalue weighted by atomic mass is 16.1. The minimum atomic E-state index is -0.0938. The van der Waals surface area contributed by atoms with E-state index in [1.165, 1.54) is 0 Å². The summed E-state index contributed by atoms with van der Waals surface area (Å²) in [7, 11) is 4.05. The van der Waals surface area contributed by atoms with E-state index in [1.54, 1.807) is 0 Å². The molecule has 1 aliphatic carbocycles. The average Bonchev–Trinajstić information content (AvgIpc) is 1.82. The standard InChI is InChI=1S/C8H15NO/c1-8(2)6(9(3)4)5-7(8)10/h6H,5H2,1-4H3. The fourth-order valence-corrected chi connectivity index (χ4v) is 1.58. The molecule has 0 aromatic carbocycles. The second kappa shape index (κ2) is 2.06. The van der Waals surface area contributed by atoms with Crippen molar-refractivity contribution in [3.05, 3.63) is 0 Å². The first-order valence-electron chi connectivity index (χ1n) is 3.66. The van der Waals surface area contributed by atoms with E-state index in [9.17, 15) is 4.79 Å². The van der Waals surface area contributed by atoms with Crippen molar-refractivity contribution in [2.24, 2.45) is 5.41 Å². The SMILES string of the molecule is CN(C)C1CC(=O)C1(C)C. The quantitative estimate of drug-likeness (QED) is 0.541. The smallest absolute Gasteiger partial charge is 0.141 e. The van der Waals surface area contributed by atoms with E-state index in [2.05, 4.69) is 4.90 Å². The van der Waals surface area contributed by atoms with Gasteiger partial charge in [0.15, 0.2) is 0 Å². The topological polar surface area (TPSA) is 20.3 Å². The zero-order valence-electron chi connectivity index (χ0n) is 7.14. The van der Waals surface area contributed by atoms with Crippen LogP contribution in [0.2, 0.25) is 0 Å². The van der Waals surface area contributed by atoms with Gasteiger partial charge in [-0.3, -0.25) is 4.79 Å². The van der Waals surface area contributed by atoms with Gasteiger partial charge in [-0.1, -0.05) is 13.8 Å². The van der Waals surface area contributed by atoms with Crippen molar-refractivity contribution in [1.29, 1.82) is 0 Å². The van der Waals surface area contributed by atoms with Gasteiger partial charge in [-0.15, -0.1) is 0 Å². The van der Waals surface area contributed by atoms with Crippen LogP contribution in [-0.4, -0.2) is 30.8 Å². The maximum Gasteiger partial charge on any atom is 0.141 e. The fourth-order valence-electron chi connectivity index (χ4n) is 1.58. The van der Waals surface area contributed by atoms with Gasteiger partial charge in [0.2, 0.25) is 0 Å². The molecule has 1 rings (SSSR count). The maximum atomic E-state index is 11.0. The zero-order valence-corrected chi connectivity index (χ0v) is 7.14. The molecule has 0 spiro atoms. The molecule has 0 N–H and O–H groups in total. The Bertz CT molecular complexity index is 161. The van der Waals surface area contributed by atoms with Crippen LogP contribution in [0.5, 0.6) is 0 Å². The second-order valence-electron chi connectivity index (χ2n) is 3.83. The van der Waals surface area contributed by atoms with Gasteiger partial charge in [-0.25, -0.2) is 0 Å². The summed E-state index contributed by atoms with van der Waals surface area (Å²) in [5.74, 6) is 0.395. The highest BCUT2D eigenvalue weighted by molar-refractivity contribution is 5.91. The lowest BCUT2D eigenvalue weighted by Crippen LogP contribution is -2.56. The van der Waals surface area contributed by atoms with Crippen LogP contribution < -0.4 is 0 Å². The molecule has 0 radical (unpaired) electrons. The largest absolute Gasteiger partial charge is 0.305 e.